The summed E-state index contributed by atoms with van der Waals surface area (Å²) in [5.74, 6) is 0.0859. The fourth-order valence-corrected chi connectivity index (χ4v) is 3.32. The number of amides is 1. The van der Waals surface area contributed by atoms with Crippen molar-refractivity contribution in [2.75, 3.05) is 0 Å². The summed E-state index contributed by atoms with van der Waals surface area (Å²) in [5.41, 5.74) is 4.10. The molecule has 1 aromatic carbocycles. The van der Waals surface area contributed by atoms with Crippen LogP contribution >= 0.6 is 0 Å². The highest BCUT2D eigenvalue weighted by Gasteiger charge is 2.39. The van der Waals surface area contributed by atoms with Gasteiger partial charge in [0, 0.05) is 18.3 Å². The van der Waals surface area contributed by atoms with E-state index in [0.29, 0.717) is 6.42 Å². The first-order valence-electron chi connectivity index (χ1n) is 7.87. The van der Waals surface area contributed by atoms with E-state index in [1.54, 1.807) is 0 Å². The van der Waals surface area contributed by atoms with Crippen LogP contribution in [0.3, 0.4) is 0 Å². The van der Waals surface area contributed by atoms with Crippen LogP contribution in [0.5, 0.6) is 0 Å². The largest absolute Gasteiger partial charge is 0.346 e. The van der Waals surface area contributed by atoms with Gasteiger partial charge >= 0.3 is 0 Å². The van der Waals surface area contributed by atoms with Gasteiger partial charge < -0.3 is 5.32 Å². The summed E-state index contributed by atoms with van der Waals surface area (Å²) in [6, 6.07) is 10.3. The molecule has 3 rings (SSSR count). The lowest BCUT2D eigenvalue weighted by Crippen LogP contribution is -2.51. The van der Waals surface area contributed by atoms with Crippen LogP contribution in [0.1, 0.15) is 41.8 Å². The SMILES string of the molecule is Cc1nn(C)c(C)c1CC(=O)NC1(c2ccccc2)CCC1. The number of hydrogen-bond donors (Lipinski definition) is 1. The fourth-order valence-electron chi connectivity index (χ4n) is 3.32. The van der Waals surface area contributed by atoms with Crippen LogP contribution in [-0.2, 0) is 23.8 Å². The molecule has 4 nitrogen and oxygen atoms in total. The second-order valence-electron chi connectivity index (χ2n) is 6.30. The van der Waals surface area contributed by atoms with Crippen molar-refractivity contribution in [3.63, 3.8) is 0 Å². The molecule has 0 spiro atoms. The van der Waals surface area contributed by atoms with E-state index in [9.17, 15) is 4.79 Å². The van der Waals surface area contributed by atoms with Gasteiger partial charge in [-0.3, -0.25) is 9.48 Å². The first kappa shape index (κ1) is 14.8. The van der Waals surface area contributed by atoms with E-state index >= 15 is 0 Å². The molecule has 1 aliphatic rings. The number of carbonyl (C=O) groups excluding carboxylic acids is 1. The number of aryl methyl sites for hydroxylation is 2. The van der Waals surface area contributed by atoms with E-state index in [1.807, 2.05) is 43.8 Å². The molecule has 0 radical (unpaired) electrons. The van der Waals surface area contributed by atoms with Crippen molar-refractivity contribution < 1.29 is 4.79 Å². The summed E-state index contributed by atoms with van der Waals surface area (Å²) >= 11 is 0. The summed E-state index contributed by atoms with van der Waals surface area (Å²) in [5, 5.41) is 7.67. The lowest BCUT2D eigenvalue weighted by Gasteiger charge is -2.43. The molecule has 0 atom stereocenters. The van der Waals surface area contributed by atoms with Crippen LogP contribution in [0, 0.1) is 13.8 Å². The summed E-state index contributed by atoms with van der Waals surface area (Å²) in [6.45, 7) is 3.98. The van der Waals surface area contributed by atoms with Crippen LogP contribution in [0.15, 0.2) is 30.3 Å². The smallest absolute Gasteiger partial charge is 0.225 e. The molecule has 116 valence electrons. The zero-order chi connectivity index (χ0) is 15.7. The first-order chi connectivity index (χ1) is 10.5. The highest BCUT2D eigenvalue weighted by molar-refractivity contribution is 5.80. The standard InChI is InChI=1S/C18H23N3O/c1-13-16(14(2)21(3)20-13)12-17(22)19-18(10-7-11-18)15-8-5-4-6-9-15/h4-6,8-9H,7,10-12H2,1-3H3,(H,19,22). The number of nitrogens with one attached hydrogen (secondary N) is 1. The highest BCUT2D eigenvalue weighted by atomic mass is 16.1. The molecule has 1 amide bonds. The third kappa shape index (κ3) is 2.54. The highest BCUT2D eigenvalue weighted by Crippen LogP contribution is 2.41. The van der Waals surface area contributed by atoms with E-state index in [1.165, 1.54) is 12.0 Å². The Morgan fingerprint density at radius 3 is 2.45 bits per heavy atom. The summed E-state index contributed by atoms with van der Waals surface area (Å²) < 4.78 is 1.84. The van der Waals surface area contributed by atoms with Crippen molar-refractivity contribution >= 4 is 5.91 Å². The van der Waals surface area contributed by atoms with Gasteiger partial charge in [-0.1, -0.05) is 30.3 Å². The van der Waals surface area contributed by atoms with Crippen molar-refractivity contribution in [3.8, 4) is 0 Å². The monoisotopic (exact) mass is 297 g/mol. The Morgan fingerprint density at radius 2 is 1.95 bits per heavy atom. The van der Waals surface area contributed by atoms with E-state index in [0.717, 1.165) is 29.8 Å². The fraction of sp³-hybridized carbons (Fsp3) is 0.444. The van der Waals surface area contributed by atoms with E-state index < -0.39 is 0 Å². The number of benzene rings is 1. The minimum absolute atomic E-state index is 0.0859. The topological polar surface area (TPSA) is 46.9 Å². The molecule has 0 bridgehead atoms. The Morgan fingerprint density at radius 1 is 1.27 bits per heavy atom. The average Bonchev–Trinajstić information content (AvgIpc) is 2.70. The maximum atomic E-state index is 12.6. The molecule has 4 heteroatoms. The van der Waals surface area contributed by atoms with Gasteiger partial charge in [0.05, 0.1) is 17.7 Å². The Labute approximate surface area is 131 Å². The van der Waals surface area contributed by atoms with Crippen LogP contribution in [0.25, 0.3) is 0 Å². The van der Waals surface area contributed by atoms with Gasteiger partial charge in [0.2, 0.25) is 5.91 Å². The van der Waals surface area contributed by atoms with Crippen molar-refractivity contribution in [2.45, 2.75) is 45.1 Å². The molecular weight excluding hydrogens is 274 g/mol. The number of hydrogen-bond acceptors (Lipinski definition) is 2. The normalized spacial score (nSPS) is 16.1. The maximum Gasteiger partial charge on any atom is 0.225 e. The zero-order valence-electron chi connectivity index (χ0n) is 13.5. The molecule has 0 aliphatic heterocycles. The predicted molar refractivity (Wildman–Crippen MR) is 86.5 cm³/mol. The van der Waals surface area contributed by atoms with Crippen LogP contribution in [-0.4, -0.2) is 15.7 Å². The van der Waals surface area contributed by atoms with Gasteiger partial charge in [-0.05, 0) is 38.7 Å². The lowest BCUT2D eigenvalue weighted by molar-refractivity contribution is -0.123. The summed E-state index contributed by atoms with van der Waals surface area (Å²) in [7, 11) is 1.92. The van der Waals surface area contributed by atoms with Crippen molar-refractivity contribution in [3.05, 3.63) is 52.8 Å². The molecule has 22 heavy (non-hydrogen) atoms. The van der Waals surface area contributed by atoms with Crippen molar-refractivity contribution in [1.29, 1.82) is 0 Å². The number of aromatic nitrogens is 2. The van der Waals surface area contributed by atoms with Gasteiger partial charge in [-0.2, -0.15) is 5.10 Å². The quantitative estimate of drug-likeness (QED) is 0.943. The molecule has 1 N–H and O–H groups in total. The van der Waals surface area contributed by atoms with Gasteiger partial charge in [-0.15, -0.1) is 0 Å². The van der Waals surface area contributed by atoms with Gasteiger partial charge in [0.1, 0.15) is 0 Å². The third-order valence-electron chi connectivity index (χ3n) is 4.91. The Kier molecular flexibility index (Phi) is 3.77. The summed E-state index contributed by atoms with van der Waals surface area (Å²) in [6.07, 6.45) is 3.61. The van der Waals surface area contributed by atoms with Crippen LogP contribution < -0.4 is 5.32 Å². The van der Waals surface area contributed by atoms with Crippen molar-refractivity contribution in [1.82, 2.24) is 15.1 Å². The molecule has 0 unspecified atom stereocenters. The van der Waals surface area contributed by atoms with E-state index in [-0.39, 0.29) is 11.4 Å². The third-order valence-corrected chi connectivity index (χ3v) is 4.91. The first-order valence-corrected chi connectivity index (χ1v) is 7.87. The van der Waals surface area contributed by atoms with Crippen LogP contribution in [0.4, 0.5) is 0 Å². The molecule has 1 aliphatic carbocycles. The minimum Gasteiger partial charge on any atom is -0.346 e. The van der Waals surface area contributed by atoms with Gasteiger partial charge in [-0.25, -0.2) is 0 Å². The second kappa shape index (κ2) is 5.59. The maximum absolute atomic E-state index is 12.6. The Balaban J connectivity index is 1.76. The lowest BCUT2D eigenvalue weighted by atomic mass is 9.71. The molecular formula is C18H23N3O. The van der Waals surface area contributed by atoms with Crippen LogP contribution in [0.2, 0.25) is 0 Å². The second-order valence-corrected chi connectivity index (χ2v) is 6.30. The molecule has 1 aromatic heterocycles. The molecule has 0 saturated heterocycles. The zero-order valence-corrected chi connectivity index (χ0v) is 13.5. The minimum atomic E-state index is -0.164. The molecule has 2 aromatic rings. The Hall–Kier alpha value is -2.10. The van der Waals surface area contributed by atoms with E-state index in [2.05, 4.69) is 22.5 Å². The average molecular weight is 297 g/mol. The summed E-state index contributed by atoms with van der Waals surface area (Å²) in [4.78, 5) is 12.6. The number of rotatable bonds is 4. The van der Waals surface area contributed by atoms with Crippen molar-refractivity contribution in [2.24, 2.45) is 7.05 Å². The Bertz CT molecular complexity index is 684. The molecule has 1 heterocycles. The molecule has 1 saturated carbocycles. The molecule has 1 fully saturated rings. The van der Waals surface area contributed by atoms with E-state index in [4.69, 9.17) is 0 Å². The number of carbonyl (C=O) groups is 1. The number of nitrogens with zero attached hydrogens (tertiary/aromatic N) is 2. The predicted octanol–water partition coefficient (Wildman–Crippen LogP) is 2.78. The van der Waals surface area contributed by atoms with Gasteiger partial charge in [0.15, 0.2) is 0 Å². The van der Waals surface area contributed by atoms with Gasteiger partial charge in [0.25, 0.3) is 0 Å².